The summed E-state index contributed by atoms with van der Waals surface area (Å²) in [6.45, 7) is 7.18. The van der Waals surface area contributed by atoms with Crippen molar-refractivity contribution in [1.29, 1.82) is 0 Å². The molecule has 0 aliphatic carbocycles. The van der Waals surface area contributed by atoms with Crippen LogP contribution < -0.4 is 5.32 Å². The largest absolute Gasteiger partial charge is 0.355 e. The lowest BCUT2D eigenvalue weighted by Crippen LogP contribution is -2.50. The third kappa shape index (κ3) is 2.70. The lowest BCUT2D eigenvalue weighted by Gasteiger charge is -2.29. The van der Waals surface area contributed by atoms with Gasteiger partial charge in [0.15, 0.2) is 0 Å². The molecule has 1 fully saturated rings. The van der Waals surface area contributed by atoms with Gasteiger partial charge in [-0.25, -0.2) is 0 Å². The molecule has 4 nitrogen and oxygen atoms in total. The van der Waals surface area contributed by atoms with Gasteiger partial charge in [0.2, 0.25) is 11.8 Å². The van der Waals surface area contributed by atoms with Gasteiger partial charge in [-0.05, 0) is 19.3 Å². The summed E-state index contributed by atoms with van der Waals surface area (Å²) in [4.78, 5) is 25.1. The SMILES string of the molecule is CCNC(=O)C(C(C)C)N1CCCC1=O. The van der Waals surface area contributed by atoms with Crippen molar-refractivity contribution in [2.24, 2.45) is 5.92 Å². The Hall–Kier alpha value is -1.06. The average molecular weight is 212 g/mol. The van der Waals surface area contributed by atoms with Crippen LogP contribution in [-0.2, 0) is 9.59 Å². The van der Waals surface area contributed by atoms with E-state index < -0.39 is 0 Å². The molecule has 1 heterocycles. The van der Waals surface area contributed by atoms with Crippen molar-refractivity contribution in [3.05, 3.63) is 0 Å². The molecule has 2 amide bonds. The summed E-state index contributed by atoms with van der Waals surface area (Å²) in [5.41, 5.74) is 0. The Balaban J connectivity index is 2.73. The van der Waals surface area contributed by atoms with Crippen molar-refractivity contribution in [1.82, 2.24) is 10.2 Å². The molecule has 0 saturated carbocycles. The Morgan fingerprint density at radius 2 is 2.20 bits per heavy atom. The van der Waals surface area contributed by atoms with E-state index in [0.29, 0.717) is 13.0 Å². The third-order valence-corrected chi connectivity index (χ3v) is 2.70. The molecular weight excluding hydrogens is 192 g/mol. The van der Waals surface area contributed by atoms with Crippen molar-refractivity contribution in [3.8, 4) is 0 Å². The first-order valence-electron chi connectivity index (χ1n) is 5.65. The van der Waals surface area contributed by atoms with Gasteiger partial charge in [-0.15, -0.1) is 0 Å². The molecule has 0 aromatic carbocycles. The van der Waals surface area contributed by atoms with Crippen LogP contribution in [0.25, 0.3) is 0 Å². The van der Waals surface area contributed by atoms with E-state index in [-0.39, 0.29) is 23.8 Å². The Labute approximate surface area is 91.0 Å². The molecule has 1 unspecified atom stereocenters. The smallest absolute Gasteiger partial charge is 0.243 e. The predicted octanol–water partition coefficient (Wildman–Crippen LogP) is 0.769. The van der Waals surface area contributed by atoms with Gasteiger partial charge >= 0.3 is 0 Å². The third-order valence-electron chi connectivity index (χ3n) is 2.70. The zero-order valence-corrected chi connectivity index (χ0v) is 9.75. The van der Waals surface area contributed by atoms with Gasteiger partial charge in [0, 0.05) is 19.5 Å². The number of likely N-dealkylation sites (N-methyl/N-ethyl adjacent to an activating group) is 1. The topological polar surface area (TPSA) is 49.4 Å². The van der Waals surface area contributed by atoms with Gasteiger partial charge in [0.05, 0.1) is 0 Å². The highest BCUT2D eigenvalue weighted by Gasteiger charge is 2.34. The maximum absolute atomic E-state index is 11.8. The molecule has 0 bridgehead atoms. The minimum atomic E-state index is -0.292. The van der Waals surface area contributed by atoms with Crippen LogP contribution in [-0.4, -0.2) is 35.8 Å². The number of amides is 2. The quantitative estimate of drug-likeness (QED) is 0.748. The Kier molecular flexibility index (Phi) is 4.12. The second-order valence-corrected chi connectivity index (χ2v) is 4.27. The van der Waals surface area contributed by atoms with E-state index in [9.17, 15) is 9.59 Å². The van der Waals surface area contributed by atoms with Crippen molar-refractivity contribution < 1.29 is 9.59 Å². The number of hydrogen-bond acceptors (Lipinski definition) is 2. The second-order valence-electron chi connectivity index (χ2n) is 4.27. The second kappa shape index (κ2) is 5.14. The molecule has 0 radical (unpaired) electrons. The van der Waals surface area contributed by atoms with E-state index in [4.69, 9.17) is 0 Å². The van der Waals surface area contributed by atoms with Gasteiger partial charge in [-0.2, -0.15) is 0 Å². The Bertz CT molecular complexity index is 251. The molecule has 86 valence electrons. The monoisotopic (exact) mass is 212 g/mol. The molecule has 15 heavy (non-hydrogen) atoms. The lowest BCUT2D eigenvalue weighted by atomic mass is 10.0. The number of carbonyl (C=O) groups is 2. The highest BCUT2D eigenvalue weighted by Crippen LogP contribution is 2.19. The highest BCUT2D eigenvalue weighted by molar-refractivity contribution is 5.88. The van der Waals surface area contributed by atoms with Crippen molar-refractivity contribution in [2.45, 2.75) is 39.7 Å². The fourth-order valence-corrected chi connectivity index (χ4v) is 2.05. The number of nitrogens with one attached hydrogen (secondary N) is 1. The molecule has 1 aliphatic rings. The Morgan fingerprint density at radius 3 is 2.60 bits per heavy atom. The van der Waals surface area contributed by atoms with Crippen molar-refractivity contribution in [2.75, 3.05) is 13.1 Å². The van der Waals surface area contributed by atoms with Crippen LogP contribution in [0.1, 0.15) is 33.6 Å². The molecule has 4 heteroatoms. The fourth-order valence-electron chi connectivity index (χ4n) is 2.05. The maximum atomic E-state index is 11.8. The zero-order chi connectivity index (χ0) is 11.4. The van der Waals surface area contributed by atoms with Crippen LogP contribution >= 0.6 is 0 Å². The fraction of sp³-hybridized carbons (Fsp3) is 0.818. The van der Waals surface area contributed by atoms with Crippen molar-refractivity contribution >= 4 is 11.8 Å². The van der Waals surface area contributed by atoms with Gasteiger partial charge in [0.1, 0.15) is 6.04 Å². The molecule has 1 rings (SSSR count). The van der Waals surface area contributed by atoms with E-state index in [0.717, 1.165) is 13.0 Å². The van der Waals surface area contributed by atoms with Crippen LogP contribution in [0.4, 0.5) is 0 Å². The van der Waals surface area contributed by atoms with E-state index >= 15 is 0 Å². The predicted molar refractivity (Wildman–Crippen MR) is 58.3 cm³/mol. The van der Waals surface area contributed by atoms with E-state index in [1.165, 1.54) is 0 Å². The summed E-state index contributed by atoms with van der Waals surface area (Å²) >= 11 is 0. The van der Waals surface area contributed by atoms with Crippen LogP contribution in [0, 0.1) is 5.92 Å². The van der Waals surface area contributed by atoms with Gasteiger partial charge < -0.3 is 10.2 Å². The molecule has 0 aromatic heterocycles. The van der Waals surface area contributed by atoms with Crippen molar-refractivity contribution in [3.63, 3.8) is 0 Å². The molecule has 0 aromatic rings. The lowest BCUT2D eigenvalue weighted by molar-refractivity contribution is -0.139. The molecule has 1 aliphatic heterocycles. The van der Waals surface area contributed by atoms with Crippen LogP contribution in [0.3, 0.4) is 0 Å². The number of hydrogen-bond donors (Lipinski definition) is 1. The standard InChI is InChI=1S/C11H20N2O2/c1-4-12-11(15)10(8(2)3)13-7-5-6-9(13)14/h8,10H,4-7H2,1-3H3,(H,12,15). The molecule has 1 N–H and O–H groups in total. The highest BCUT2D eigenvalue weighted by atomic mass is 16.2. The van der Waals surface area contributed by atoms with E-state index in [1.54, 1.807) is 4.90 Å². The van der Waals surface area contributed by atoms with Crippen LogP contribution in [0.15, 0.2) is 0 Å². The van der Waals surface area contributed by atoms with E-state index in [2.05, 4.69) is 5.32 Å². The molecule has 0 spiro atoms. The summed E-state index contributed by atoms with van der Waals surface area (Å²) in [6, 6.07) is -0.292. The minimum Gasteiger partial charge on any atom is -0.355 e. The number of likely N-dealkylation sites (tertiary alicyclic amines) is 1. The molecule has 1 saturated heterocycles. The number of nitrogens with zero attached hydrogens (tertiary/aromatic N) is 1. The summed E-state index contributed by atoms with van der Waals surface area (Å²) in [5.74, 6) is 0.251. The average Bonchev–Trinajstić information content (AvgIpc) is 2.52. The first-order valence-corrected chi connectivity index (χ1v) is 5.65. The summed E-state index contributed by atoms with van der Waals surface area (Å²) in [7, 11) is 0. The van der Waals surface area contributed by atoms with Gasteiger partial charge in [-0.3, -0.25) is 9.59 Å². The Morgan fingerprint density at radius 1 is 1.53 bits per heavy atom. The normalized spacial score (nSPS) is 18.4. The maximum Gasteiger partial charge on any atom is 0.243 e. The van der Waals surface area contributed by atoms with Gasteiger partial charge in [0.25, 0.3) is 0 Å². The van der Waals surface area contributed by atoms with Crippen LogP contribution in [0.2, 0.25) is 0 Å². The summed E-state index contributed by atoms with van der Waals surface area (Å²) in [5, 5.41) is 2.79. The summed E-state index contributed by atoms with van der Waals surface area (Å²) in [6.07, 6.45) is 1.46. The van der Waals surface area contributed by atoms with Gasteiger partial charge in [-0.1, -0.05) is 13.8 Å². The number of carbonyl (C=O) groups excluding carboxylic acids is 2. The molecular formula is C11H20N2O2. The molecule has 1 atom stereocenters. The first-order chi connectivity index (χ1) is 7.07. The first kappa shape index (κ1) is 12.0. The number of rotatable bonds is 4. The van der Waals surface area contributed by atoms with E-state index in [1.807, 2.05) is 20.8 Å². The minimum absolute atomic E-state index is 0.0252. The zero-order valence-electron chi connectivity index (χ0n) is 9.75. The summed E-state index contributed by atoms with van der Waals surface area (Å²) < 4.78 is 0. The van der Waals surface area contributed by atoms with Crippen LogP contribution in [0.5, 0.6) is 0 Å².